The number of allylic oxidation sites excluding steroid dienone is 11. The van der Waals surface area contributed by atoms with Crippen LogP contribution in [0.15, 0.2) is 154 Å². The van der Waals surface area contributed by atoms with Crippen molar-refractivity contribution >= 4 is 49.1 Å². The highest BCUT2D eigenvalue weighted by atomic mass is 16.5. The Bertz CT molecular complexity index is 2440. The van der Waals surface area contributed by atoms with E-state index in [-0.39, 0.29) is 0 Å². The molecule has 0 amide bonds. The van der Waals surface area contributed by atoms with Crippen molar-refractivity contribution in [2.24, 2.45) is 5.92 Å². The van der Waals surface area contributed by atoms with E-state index in [2.05, 4.69) is 127 Å². The van der Waals surface area contributed by atoms with Crippen molar-refractivity contribution in [3.8, 4) is 16.9 Å². The average Bonchev–Trinajstić information content (AvgIpc) is 3.45. The highest BCUT2D eigenvalue weighted by Crippen LogP contribution is 2.49. The molecule has 10 rings (SSSR count). The fourth-order valence-corrected chi connectivity index (χ4v) is 7.72. The Morgan fingerprint density at radius 3 is 2.55 bits per heavy atom. The van der Waals surface area contributed by atoms with Crippen molar-refractivity contribution in [1.82, 2.24) is 0 Å². The molecule has 1 aromatic heterocycles. The number of rotatable bonds is 2. The maximum Gasteiger partial charge on any atom is 0.136 e. The Hall–Kier alpha value is -5.34. The van der Waals surface area contributed by atoms with E-state index in [1.54, 1.807) is 0 Å². The predicted molar refractivity (Wildman–Crippen MR) is 182 cm³/mol. The third-order valence-corrected chi connectivity index (χ3v) is 9.93. The lowest BCUT2D eigenvalue weighted by Crippen LogP contribution is -2.13. The number of hydrogen-bond donors (Lipinski definition) is 0. The molecule has 0 bridgehead atoms. The van der Waals surface area contributed by atoms with E-state index in [9.17, 15) is 0 Å². The largest absolute Gasteiger partial charge is 0.456 e. The van der Waals surface area contributed by atoms with Crippen molar-refractivity contribution in [3.63, 3.8) is 0 Å². The molecular weight excluding hydrogens is 536 g/mol. The molecule has 3 aliphatic carbocycles. The highest BCUT2D eigenvalue weighted by Gasteiger charge is 2.29. The van der Waals surface area contributed by atoms with Crippen molar-refractivity contribution < 1.29 is 9.15 Å². The molecule has 0 saturated carbocycles. The van der Waals surface area contributed by atoms with Gasteiger partial charge in [-0.05, 0) is 105 Å². The van der Waals surface area contributed by atoms with Gasteiger partial charge in [-0.2, -0.15) is 0 Å². The molecule has 0 spiro atoms. The van der Waals surface area contributed by atoms with Crippen LogP contribution in [0.4, 0.5) is 0 Å². The van der Waals surface area contributed by atoms with E-state index in [1.165, 1.54) is 55.0 Å². The smallest absolute Gasteiger partial charge is 0.136 e. The molecule has 2 heterocycles. The highest BCUT2D eigenvalue weighted by molar-refractivity contribution is 6.23. The molecule has 5 aromatic carbocycles. The second-order valence-electron chi connectivity index (χ2n) is 12.4. The minimum Gasteiger partial charge on any atom is -0.456 e. The lowest BCUT2D eigenvalue weighted by Gasteiger charge is -2.29. The third kappa shape index (κ3) is 3.55. The van der Waals surface area contributed by atoms with E-state index < -0.39 is 0 Å². The second kappa shape index (κ2) is 9.08. The first-order chi connectivity index (χ1) is 21.8. The lowest BCUT2D eigenvalue weighted by molar-refractivity contribution is 0.443. The Balaban J connectivity index is 1.10. The van der Waals surface area contributed by atoms with Gasteiger partial charge >= 0.3 is 0 Å². The normalized spacial score (nSPS) is 18.7. The van der Waals surface area contributed by atoms with E-state index in [4.69, 9.17) is 9.15 Å². The predicted octanol–water partition coefficient (Wildman–Crippen LogP) is 11.4. The van der Waals surface area contributed by atoms with Gasteiger partial charge in [0.15, 0.2) is 0 Å². The topological polar surface area (TPSA) is 22.4 Å². The summed E-state index contributed by atoms with van der Waals surface area (Å²) in [4.78, 5) is 0. The van der Waals surface area contributed by atoms with Crippen LogP contribution in [0.5, 0.6) is 5.75 Å². The number of hydrogen-bond acceptors (Lipinski definition) is 2. The fourth-order valence-electron chi connectivity index (χ4n) is 7.72. The van der Waals surface area contributed by atoms with Crippen LogP contribution >= 0.6 is 0 Å². The summed E-state index contributed by atoms with van der Waals surface area (Å²) in [6.07, 6.45) is 18.8. The van der Waals surface area contributed by atoms with Crippen molar-refractivity contribution in [2.45, 2.75) is 19.3 Å². The zero-order chi connectivity index (χ0) is 28.8. The number of benzene rings is 5. The molecule has 4 aliphatic rings. The van der Waals surface area contributed by atoms with Gasteiger partial charge in [0, 0.05) is 27.6 Å². The summed E-state index contributed by atoms with van der Waals surface area (Å²) in [5.74, 6) is 2.38. The molecular formula is C42H28O2. The monoisotopic (exact) mass is 564 g/mol. The third-order valence-electron chi connectivity index (χ3n) is 9.93. The minimum absolute atomic E-state index is 0.473. The van der Waals surface area contributed by atoms with E-state index in [0.29, 0.717) is 5.92 Å². The standard InChI is InChI=1S/C42H28O2/c1-3-8-27-20-29(14-12-25(27)6-1)31-16-18-33-36-24-40-41(35-10-5-11-37(42(35)36)43-38(33)22-31)34-19-17-32(23-39(34)44-40)30-15-13-26-7-2-4-9-28(26)21-30/h1-15,17,19,21-24,27H,16,18,20H2. The van der Waals surface area contributed by atoms with Gasteiger partial charge in [-0.25, -0.2) is 0 Å². The van der Waals surface area contributed by atoms with Crippen LogP contribution in [0.1, 0.15) is 24.8 Å². The molecule has 1 aliphatic heterocycles. The van der Waals surface area contributed by atoms with Gasteiger partial charge in [-0.1, -0.05) is 91.1 Å². The summed E-state index contributed by atoms with van der Waals surface area (Å²) < 4.78 is 13.3. The van der Waals surface area contributed by atoms with Crippen molar-refractivity contribution in [1.29, 1.82) is 0 Å². The quantitative estimate of drug-likeness (QED) is 0.209. The van der Waals surface area contributed by atoms with Crippen molar-refractivity contribution in [2.75, 3.05) is 0 Å². The van der Waals surface area contributed by atoms with Crippen LogP contribution in [-0.4, -0.2) is 0 Å². The Labute approximate surface area is 255 Å². The van der Waals surface area contributed by atoms with Crippen LogP contribution in [0.25, 0.3) is 60.2 Å². The summed E-state index contributed by atoms with van der Waals surface area (Å²) in [6.45, 7) is 0. The first-order valence-electron chi connectivity index (χ1n) is 15.6. The average molecular weight is 565 g/mol. The summed E-state index contributed by atoms with van der Waals surface area (Å²) >= 11 is 0. The molecule has 44 heavy (non-hydrogen) atoms. The molecule has 1 atom stereocenters. The molecule has 0 N–H and O–H groups in total. The zero-order valence-corrected chi connectivity index (χ0v) is 24.1. The van der Waals surface area contributed by atoms with Crippen LogP contribution in [0.2, 0.25) is 0 Å². The van der Waals surface area contributed by atoms with Crippen LogP contribution in [-0.2, 0) is 0 Å². The van der Waals surface area contributed by atoms with E-state index >= 15 is 0 Å². The molecule has 0 radical (unpaired) electrons. The summed E-state index contributed by atoms with van der Waals surface area (Å²) in [5.41, 5.74) is 11.0. The number of ether oxygens (including phenoxy) is 1. The first kappa shape index (κ1) is 24.1. The number of fused-ring (bicyclic) bond motifs is 7. The second-order valence-corrected chi connectivity index (χ2v) is 12.4. The van der Waals surface area contributed by atoms with Gasteiger partial charge < -0.3 is 9.15 Å². The minimum atomic E-state index is 0.473. The first-order valence-corrected chi connectivity index (χ1v) is 15.6. The van der Waals surface area contributed by atoms with Gasteiger partial charge in [-0.3, -0.25) is 0 Å². The molecule has 208 valence electrons. The Morgan fingerprint density at radius 2 is 1.57 bits per heavy atom. The summed E-state index contributed by atoms with van der Waals surface area (Å²) in [5, 5.41) is 7.19. The van der Waals surface area contributed by atoms with Crippen LogP contribution in [0.3, 0.4) is 0 Å². The van der Waals surface area contributed by atoms with Gasteiger partial charge in [-0.15, -0.1) is 0 Å². The van der Waals surface area contributed by atoms with Gasteiger partial charge in [0.2, 0.25) is 0 Å². The van der Waals surface area contributed by atoms with Gasteiger partial charge in [0.05, 0.1) is 0 Å². The van der Waals surface area contributed by atoms with E-state index in [1.807, 2.05) is 0 Å². The van der Waals surface area contributed by atoms with Crippen molar-refractivity contribution in [3.05, 3.63) is 156 Å². The Kier molecular flexibility index (Phi) is 4.98. The van der Waals surface area contributed by atoms with Gasteiger partial charge in [0.1, 0.15) is 22.7 Å². The summed E-state index contributed by atoms with van der Waals surface area (Å²) in [6, 6.07) is 30.5. The molecule has 1 unspecified atom stereocenters. The van der Waals surface area contributed by atoms with Crippen LogP contribution in [0, 0.1) is 5.92 Å². The maximum atomic E-state index is 6.69. The Morgan fingerprint density at radius 1 is 0.659 bits per heavy atom. The lowest BCUT2D eigenvalue weighted by atomic mass is 9.78. The maximum absolute atomic E-state index is 6.69. The van der Waals surface area contributed by atoms with Gasteiger partial charge in [0.25, 0.3) is 0 Å². The number of furan rings is 1. The van der Waals surface area contributed by atoms with E-state index in [0.717, 1.165) is 58.3 Å². The molecule has 2 heteroatoms. The SMILES string of the molecule is C1=CC2=CC=C(C3=CC4=C(CC3)c3cc5oc6cc(-c7ccc8ccccc8c7)ccc6c5c5cccc(c35)O4)CC2C=C1. The zero-order valence-electron chi connectivity index (χ0n) is 24.1. The summed E-state index contributed by atoms with van der Waals surface area (Å²) in [7, 11) is 0. The van der Waals surface area contributed by atoms with Crippen LogP contribution < -0.4 is 4.74 Å². The molecule has 2 nitrogen and oxygen atoms in total. The fraction of sp³-hybridized carbons (Fsp3) is 0.0952. The molecule has 6 aromatic rings. The molecule has 0 saturated heterocycles. The molecule has 0 fully saturated rings.